The van der Waals surface area contributed by atoms with Crippen molar-refractivity contribution in [2.24, 2.45) is 0 Å². The largest absolute Gasteiger partial charge is 0.387 e. The van der Waals surface area contributed by atoms with E-state index in [0.717, 1.165) is 23.5 Å². The molecule has 2 heterocycles. The minimum atomic E-state index is -4.20. The van der Waals surface area contributed by atoms with Crippen molar-refractivity contribution in [3.63, 3.8) is 0 Å². The number of halogens is 3. The highest BCUT2D eigenvalue weighted by atomic mass is 32.2. The summed E-state index contributed by atoms with van der Waals surface area (Å²) in [5, 5.41) is 9.87. The number of alkyl halides is 2. The van der Waals surface area contributed by atoms with E-state index in [9.17, 15) is 31.5 Å². The fraction of sp³-hybridized carbons (Fsp3) is 0.278. The molecular weight excluding hydrogens is 429 g/mol. The molecule has 1 saturated carbocycles. The Morgan fingerprint density at radius 1 is 1.24 bits per heavy atom. The smallest absolute Gasteiger partial charge is 0.274 e. The molecule has 154 valence electrons. The number of benzene rings is 1. The normalized spacial score (nSPS) is 21.5. The maximum atomic E-state index is 14.3. The lowest BCUT2D eigenvalue weighted by molar-refractivity contribution is -0.0854. The zero-order valence-corrected chi connectivity index (χ0v) is 16.3. The highest BCUT2D eigenvalue weighted by Crippen LogP contribution is 2.46. The number of pyridine rings is 1. The fourth-order valence-corrected chi connectivity index (χ4v) is 5.88. The summed E-state index contributed by atoms with van der Waals surface area (Å²) in [6, 6.07) is 6.29. The fourth-order valence-electron chi connectivity index (χ4n) is 3.39. The molecule has 0 amide bonds. The Balaban J connectivity index is 1.63. The Hall–Kier alpha value is -2.37. The van der Waals surface area contributed by atoms with Crippen molar-refractivity contribution in [2.75, 3.05) is 4.72 Å². The zero-order valence-electron chi connectivity index (χ0n) is 14.7. The van der Waals surface area contributed by atoms with E-state index >= 15 is 0 Å². The van der Waals surface area contributed by atoms with Crippen molar-refractivity contribution in [3.8, 4) is 0 Å². The van der Waals surface area contributed by atoms with Crippen LogP contribution in [0.25, 0.3) is 10.8 Å². The molecule has 29 heavy (non-hydrogen) atoms. The van der Waals surface area contributed by atoms with Gasteiger partial charge in [-0.05, 0) is 42.1 Å². The third-order valence-electron chi connectivity index (χ3n) is 4.89. The maximum Gasteiger partial charge on any atom is 0.274 e. The SMILES string of the molecule is O=c1[nH]ccc2cc(F)c(NS(=O)(=O)c3ccc([C@H]4C[C@H](O)C(F)(F)C4)s3)cc12. The Morgan fingerprint density at radius 2 is 2.00 bits per heavy atom. The third-order valence-corrected chi connectivity index (χ3v) is 7.99. The second kappa shape index (κ2) is 6.85. The number of nitrogens with one attached hydrogen (secondary N) is 2. The van der Waals surface area contributed by atoms with Crippen molar-refractivity contribution < 1.29 is 26.7 Å². The predicted molar refractivity (Wildman–Crippen MR) is 103 cm³/mol. The first kappa shape index (κ1) is 19.9. The summed E-state index contributed by atoms with van der Waals surface area (Å²) in [5.41, 5.74) is -0.894. The summed E-state index contributed by atoms with van der Waals surface area (Å²) in [6.07, 6.45) is -1.14. The Morgan fingerprint density at radius 3 is 2.69 bits per heavy atom. The second-order valence-corrected chi connectivity index (χ2v) is 9.93. The van der Waals surface area contributed by atoms with Gasteiger partial charge in [0.05, 0.1) is 5.69 Å². The molecule has 0 unspecified atom stereocenters. The van der Waals surface area contributed by atoms with Gasteiger partial charge in [-0.25, -0.2) is 21.6 Å². The molecule has 4 rings (SSSR count). The van der Waals surface area contributed by atoms with E-state index in [4.69, 9.17) is 0 Å². The van der Waals surface area contributed by atoms with Gasteiger partial charge in [-0.15, -0.1) is 11.3 Å². The number of anilines is 1. The van der Waals surface area contributed by atoms with Gasteiger partial charge in [-0.3, -0.25) is 9.52 Å². The number of aromatic nitrogens is 1. The van der Waals surface area contributed by atoms with Gasteiger partial charge in [0, 0.05) is 28.8 Å². The summed E-state index contributed by atoms with van der Waals surface area (Å²) in [4.78, 5) is 14.7. The van der Waals surface area contributed by atoms with Gasteiger partial charge in [-0.1, -0.05) is 0 Å². The van der Waals surface area contributed by atoms with Crippen LogP contribution in [0.3, 0.4) is 0 Å². The standard InChI is InChI=1S/C18H15F3N2O4S2/c19-12-5-9-3-4-22-17(25)11(9)7-13(12)23-29(26,27)16-2-1-14(28-16)10-6-15(24)18(20,21)8-10/h1-5,7,10,15,23-24H,6,8H2,(H,22,25)/t10-,15-/m0/s1. The summed E-state index contributed by atoms with van der Waals surface area (Å²) in [6.45, 7) is 0. The van der Waals surface area contributed by atoms with E-state index in [1.165, 1.54) is 24.4 Å². The Labute approximate surface area is 167 Å². The van der Waals surface area contributed by atoms with Crippen LogP contribution >= 0.6 is 11.3 Å². The van der Waals surface area contributed by atoms with Crippen LogP contribution in [0.4, 0.5) is 18.9 Å². The van der Waals surface area contributed by atoms with Gasteiger partial charge in [0.25, 0.3) is 21.5 Å². The highest BCUT2D eigenvalue weighted by Gasteiger charge is 2.48. The molecule has 11 heteroatoms. The number of hydrogen-bond acceptors (Lipinski definition) is 5. The van der Waals surface area contributed by atoms with Crippen molar-refractivity contribution in [1.29, 1.82) is 0 Å². The van der Waals surface area contributed by atoms with Gasteiger partial charge >= 0.3 is 0 Å². The van der Waals surface area contributed by atoms with E-state index in [0.29, 0.717) is 10.3 Å². The van der Waals surface area contributed by atoms with Gasteiger partial charge in [0.1, 0.15) is 16.1 Å². The summed E-state index contributed by atoms with van der Waals surface area (Å²) < 4.78 is 68.7. The van der Waals surface area contributed by atoms with Crippen molar-refractivity contribution in [1.82, 2.24) is 4.98 Å². The molecule has 0 radical (unpaired) electrons. The summed E-state index contributed by atoms with van der Waals surface area (Å²) in [5.74, 6) is -4.74. The minimum absolute atomic E-state index is 0.112. The van der Waals surface area contributed by atoms with E-state index < -0.39 is 51.5 Å². The lowest BCUT2D eigenvalue weighted by atomic mass is 10.1. The molecule has 2 aromatic heterocycles. The molecule has 1 fully saturated rings. The Bertz CT molecular complexity index is 1250. The first-order valence-corrected chi connectivity index (χ1v) is 10.9. The summed E-state index contributed by atoms with van der Waals surface area (Å²) >= 11 is 0.786. The lowest BCUT2D eigenvalue weighted by Gasteiger charge is -2.11. The number of hydrogen-bond donors (Lipinski definition) is 3. The minimum Gasteiger partial charge on any atom is -0.387 e. The average Bonchev–Trinajstić information content (AvgIpc) is 3.22. The molecule has 3 aromatic rings. The zero-order chi connectivity index (χ0) is 21.0. The van der Waals surface area contributed by atoms with Crippen molar-refractivity contribution in [2.45, 2.75) is 35.0 Å². The molecule has 0 saturated heterocycles. The van der Waals surface area contributed by atoms with Crippen LogP contribution < -0.4 is 10.3 Å². The van der Waals surface area contributed by atoms with Gasteiger partial charge in [0.2, 0.25) is 0 Å². The topological polar surface area (TPSA) is 99.3 Å². The molecule has 1 aliphatic carbocycles. The third kappa shape index (κ3) is 3.65. The monoisotopic (exact) mass is 444 g/mol. The molecular formula is C18H15F3N2O4S2. The number of rotatable bonds is 4. The van der Waals surface area contributed by atoms with Crippen LogP contribution in [0.1, 0.15) is 23.6 Å². The van der Waals surface area contributed by atoms with E-state index in [2.05, 4.69) is 9.71 Å². The molecule has 0 spiro atoms. The number of thiophene rings is 1. The first-order valence-electron chi connectivity index (χ1n) is 8.56. The number of aliphatic hydroxyl groups is 1. The predicted octanol–water partition coefficient (Wildman–Crippen LogP) is 3.40. The number of sulfonamides is 1. The van der Waals surface area contributed by atoms with E-state index in [1.807, 2.05) is 0 Å². The Kier molecular flexibility index (Phi) is 4.71. The number of aliphatic hydroxyl groups excluding tert-OH is 1. The van der Waals surface area contributed by atoms with Crippen LogP contribution in [0.15, 0.2) is 45.5 Å². The molecule has 1 aliphatic rings. The molecule has 6 nitrogen and oxygen atoms in total. The molecule has 0 bridgehead atoms. The second-order valence-electron chi connectivity index (χ2n) is 6.90. The molecule has 1 aromatic carbocycles. The van der Waals surface area contributed by atoms with Crippen molar-refractivity contribution >= 4 is 37.8 Å². The van der Waals surface area contributed by atoms with Gasteiger partial charge < -0.3 is 10.1 Å². The molecule has 0 aliphatic heterocycles. The van der Waals surface area contributed by atoms with E-state index in [1.54, 1.807) is 0 Å². The van der Waals surface area contributed by atoms with Crippen LogP contribution in [0, 0.1) is 5.82 Å². The lowest BCUT2D eigenvalue weighted by Crippen LogP contribution is -2.26. The highest BCUT2D eigenvalue weighted by molar-refractivity contribution is 7.94. The first-order chi connectivity index (χ1) is 13.6. The number of H-pyrrole nitrogens is 1. The average molecular weight is 444 g/mol. The van der Waals surface area contributed by atoms with Crippen LogP contribution in [0.2, 0.25) is 0 Å². The number of fused-ring (bicyclic) bond motifs is 1. The van der Waals surface area contributed by atoms with E-state index in [-0.39, 0.29) is 16.0 Å². The molecule has 2 atom stereocenters. The van der Waals surface area contributed by atoms with Crippen LogP contribution in [0.5, 0.6) is 0 Å². The number of aromatic amines is 1. The van der Waals surface area contributed by atoms with Crippen LogP contribution in [-0.4, -0.2) is 30.5 Å². The quantitative estimate of drug-likeness (QED) is 0.574. The van der Waals surface area contributed by atoms with Crippen molar-refractivity contribution in [3.05, 3.63) is 57.6 Å². The van der Waals surface area contributed by atoms with Crippen LogP contribution in [-0.2, 0) is 10.0 Å². The maximum absolute atomic E-state index is 14.3. The van der Waals surface area contributed by atoms with Gasteiger partial charge in [-0.2, -0.15) is 0 Å². The summed E-state index contributed by atoms with van der Waals surface area (Å²) in [7, 11) is -4.20. The van der Waals surface area contributed by atoms with Gasteiger partial charge in [0.15, 0.2) is 0 Å². The molecule has 3 N–H and O–H groups in total.